The maximum atomic E-state index is 11.8. The van der Waals surface area contributed by atoms with Crippen molar-refractivity contribution < 1.29 is 44.1 Å². The van der Waals surface area contributed by atoms with E-state index in [1.54, 1.807) is 41.5 Å². The van der Waals surface area contributed by atoms with Gasteiger partial charge in [0.05, 0.1) is 17.9 Å². The van der Waals surface area contributed by atoms with Crippen molar-refractivity contribution in [1.82, 2.24) is 16.0 Å². The summed E-state index contributed by atoms with van der Waals surface area (Å²) >= 11 is 0. The maximum Gasteiger partial charge on any atom is 3.00 e. The number of aliphatic carboxylic acids is 3. The molecule has 0 radical (unpaired) electrons. The minimum absolute atomic E-state index is 0. The first-order valence-electron chi connectivity index (χ1n) is 16.5. The van der Waals surface area contributed by atoms with Crippen LogP contribution in [0.2, 0.25) is 0 Å². The molecule has 3 amide bonds. The minimum Gasteiger partial charge on any atom is -0.545 e. The molecule has 3 atom stereocenters. The molecule has 0 aliphatic carbocycles. The molecule has 3 rings (SSSR count). The van der Waals surface area contributed by atoms with Crippen molar-refractivity contribution in [3.8, 4) is 0 Å². The molecule has 0 aromatic rings. The van der Waals surface area contributed by atoms with Gasteiger partial charge in [0.2, 0.25) is 0 Å². The molecule has 0 spiro atoms. The molecule has 3 aliphatic heterocycles. The van der Waals surface area contributed by atoms with E-state index in [-0.39, 0.29) is 69.6 Å². The van der Waals surface area contributed by atoms with Gasteiger partial charge in [-0.15, -0.1) is 0 Å². The Morgan fingerprint density at radius 2 is 0.654 bits per heavy atom. The summed E-state index contributed by atoms with van der Waals surface area (Å²) in [5.74, 6) is -3.40. The predicted molar refractivity (Wildman–Crippen MR) is 192 cm³/mol. The second kappa shape index (κ2) is 17.9. The molecule has 3 unspecified atom stereocenters. The van der Waals surface area contributed by atoms with Gasteiger partial charge in [0.15, 0.2) is 0 Å². The molecule has 52 heavy (non-hydrogen) atoms. The molecule has 3 aliphatic rings. The molecule has 3 N–H and O–H groups in total. The summed E-state index contributed by atoms with van der Waals surface area (Å²) in [5.41, 5.74) is -0.742. The zero-order chi connectivity index (χ0) is 40.1. The van der Waals surface area contributed by atoms with Gasteiger partial charge in [-0.25, -0.2) is 0 Å². The smallest absolute Gasteiger partial charge is 0.545 e. The Hall–Kier alpha value is -4.42. The molecule has 0 aromatic heterocycles. The Labute approximate surface area is 316 Å². The molecule has 0 saturated heterocycles. The molecule has 282 valence electrons. The Kier molecular flexibility index (Phi) is 16.4. The second-order valence-electron chi connectivity index (χ2n) is 14.4. The third-order valence-electron chi connectivity index (χ3n) is 10.2. The number of amidine groups is 3. The van der Waals surface area contributed by atoms with Crippen LogP contribution in [-0.2, 0) is 28.8 Å². The van der Waals surface area contributed by atoms with E-state index >= 15 is 0 Å². The van der Waals surface area contributed by atoms with E-state index in [1.165, 1.54) is 20.8 Å². The van der Waals surface area contributed by atoms with E-state index in [4.69, 9.17) is 0 Å². The van der Waals surface area contributed by atoms with Gasteiger partial charge in [0.25, 0.3) is 17.7 Å². The number of carbonyl (C=O) groups excluding carboxylic acids is 6. The number of carbonyl (C=O) groups is 6. The van der Waals surface area contributed by atoms with Crippen LogP contribution in [0.1, 0.15) is 104 Å². The molecular formula is C36H51AlN6O9. The van der Waals surface area contributed by atoms with Crippen LogP contribution in [0.5, 0.6) is 0 Å². The fourth-order valence-corrected chi connectivity index (χ4v) is 4.33. The topological polar surface area (TPSA) is 245 Å². The summed E-state index contributed by atoms with van der Waals surface area (Å²) < 4.78 is 0. The van der Waals surface area contributed by atoms with Crippen molar-refractivity contribution >= 4 is 70.5 Å². The first-order valence-corrected chi connectivity index (χ1v) is 16.5. The van der Waals surface area contributed by atoms with Crippen molar-refractivity contribution in [3.05, 3.63) is 33.4 Å². The molecule has 0 fully saturated rings. The molecule has 3 heterocycles. The van der Waals surface area contributed by atoms with Gasteiger partial charge in [-0.2, -0.15) is 15.0 Å². The summed E-state index contributed by atoms with van der Waals surface area (Å²) in [6.07, 6.45) is 0. The summed E-state index contributed by atoms with van der Waals surface area (Å²) in [7, 11) is 0. The number of hydrogen-bond donors (Lipinski definition) is 3. The van der Waals surface area contributed by atoms with Gasteiger partial charge in [0, 0.05) is 0 Å². The molecule has 0 aromatic carbocycles. The van der Waals surface area contributed by atoms with Crippen molar-refractivity contribution in [2.45, 2.75) is 120 Å². The van der Waals surface area contributed by atoms with Crippen LogP contribution < -0.4 is 31.3 Å². The SMILES string of the molecule is C/C(C(=O)[O-])=C(\C)C1=NC(=O)C(C)(C(C)C)N1.C/C(C(=O)[O-])=C(\C)C1=NC(=O)C(C)(C(C)C)N1.C/C(C(=O)[O-])=C(\C)C1=NC(=O)C(C)(C(C)C)N1.[Al+3]. The number of rotatable bonds is 9. The van der Waals surface area contributed by atoms with Gasteiger partial charge in [-0.05, 0) is 114 Å². The van der Waals surface area contributed by atoms with E-state index in [9.17, 15) is 44.1 Å². The van der Waals surface area contributed by atoms with Gasteiger partial charge in [-0.3, -0.25) is 14.4 Å². The Morgan fingerprint density at radius 1 is 0.481 bits per heavy atom. The summed E-state index contributed by atoms with van der Waals surface area (Å²) in [4.78, 5) is 79.3. The Balaban J connectivity index is 0.000000743. The molecule has 15 nitrogen and oxygen atoms in total. The van der Waals surface area contributed by atoms with Crippen molar-refractivity contribution in [1.29, 1.82) is 0 Å². The summed E-state index contributed by atoms with van der Waals surface area (Å²) in [6, 6.07) is 0. The quantitative estimate of drug-likeness (QED) is 0.203. The molecule has 0 saturated carbocycles. The van der Waals surface area contributed by atoms with Crippen molar-refractivity contribution in [2.75, 3.05) is 0 Å². The number of hydrogen-bond acceptors (Lipinski definition) is 12. The van der Waals surface area contributed by atoms with Crippen molar-refractivity contribution in [2.24, 2.45) is 32.7 Å². The first kappa shape index (κ1) is 47.6. The second-order valence-corrected chi connectivity index (χ2v) is 14.4. The van der Waals surface area contributed by atoms with E-state index in [0.29, 0.717) is 34.2 Å². The predicted octanol–water partition coefficient (Wildman–Crippen LogP) is -0.334. The molecular weight excluding hydrogens is 687 g/mol. The zero-order valence-electron chi connectivity index (χ0n) is 32.8. The standard InChI is InChI=1S/3C12H18N2O3.Al/c3*1-6(2)12(5)11(17)13-9(14-12)7(3)8(4)10(15)16;/h3*6H,1-5H3,(H,15,16)(H,13,14,17);/q;;;+3/p-3/b3*8-7-;. The van der Waals surface area contributed by atoms with Crippen LogP contribution >= 0.6 is 0 Å². The largest absolute Gasteiger partial charge is 3.00 e. The normalized spacial score (nSPS) is 25.0. The van der Waals surface area contributed by atoms with Crippen molar-refractivity contribution in [3.63, 3.8) is 0 Å². The van der Waals surface area contributed by atoms with Gasteiger partial charge < -0.3 is 45.7 Å². The number of nitrogens with zero attached hydrogens (tertiary/aromatic N) is 3. The first-order chi connectivity index (χ1) is 23.1. The van der Waals surface area contributed by atoms with Crippen LogP contribution in [0.25, 0.3) is 0 Å². The number of amides is 3. The number of aliphatic imine (C=N–C) groups is 3. The van der Waals surface area contributed by atoms with Gasteiger partial charge in [-0.1, -0.05) is 41.5 Å². The minimum atomic E-state index is -1.25. The monoisotopic (exact) mass is 738 g/mol. The summed E-state index contributed by atoms with van der Waals surface area (Å²) in [6.45, 7) is 25.9. The Bertz CT molecular complexity index is 1510. The fraction of sp³-hybridized carbons (Fsp3) is 0.583. The Morgan fingerprint density at radius 3 is 0.769 bits per heavy atom. The third-order valence-corrected chi connectivity index (χ3v) is 10.2. The van der Waals surface area contributed by atoms with Gasteiger partial charge >= 0.3 is 17.4 Å². The van der Waals surface area contributed by atoms with E-state index in [0.717, 1.165) is 0 Å². The maximum absolute atomic E-state index is 11.8. The van der Waals surface area contributed by atoms with E-state index in [1.807, 2.05) is 41.5 Å². The summed E-state index contributed by atoms with van der Waals surface area (Å²) in [5, 5.41) is 41.2. The zero-order valence-corrected chi connectivity index (χ0v) is 34.0. The van der Waals surface area contributed by atoms with Crippen LogP contribution in [-0.4, -0.2) is 87.1 Å². The molecule has 0 bridgehead atoms. The number of carboxylic acids is 3. The number of carboxylic acid groups (broad SMARTS) is 3. The van der Waals surface area contributed by atoms with Crippen LogP contribution in [0.4, 0.5) is 0 Å². The third kappa shape index (κ3) is 10.1. The van der Waals surface area contributed by atoms with Crippen LogP contribution in [0.3, 0.4) is 0 Å². The molecule has 16 heteroatoms. The average molecular weight is 739 g/mol. The number of nitrogens with one attached hydrogen (secondary N) is 3. The van der Waals surface area contributed by atoms with Crippen LogP contribution in [0, 0.1) is 17.8 Å². The average Bonchev–Trinajstić information content (AvgIpc) is 3.65. The van der Waals surface area contributed by atoms with Crippen LogP contribution in [0.15, 0.2) is 48.4 Å². The fourth-order valence-electron chi connectivity index (χ4n) is 4.33. The van der Waals surface area contributed by atoms with Gasteiger partial charge in [0.1, 0.15) is 34.1 Å². The van der Waals surface area contributed by atoms with E-state index in [2.05, 4.69) is 30.9 Å². The van der Waals surface area contributed by atoms with E-state index < -0.39 is 34.5 Å².